The number of imide groups is 1. The number of alkyl halides is 3. The molecule has 0 unspecified atom stereocenters. The molecule has 3 rings (SSSR count). The Morgan fingerprint density at radius 1 is 1.24 bits per heavy atom. The number of aromatic nitrogens is 1. The molecule has 2 aromatic rings. The van der Waals surface area contributed by atoms with Gasteiger partial charge < -0.3 is 5.73 Å². The maximum Gasteiger partial charge on any atom is 0.446 e. The van der Waals surface area contributed by atoms with Crippen LogP contribution in [0.2, 0.25) is 0 Å². The Bertz CT molecular complexity index is 1140. The van der Waals surface area contributed by atoms with Gasteiger partial charge >= 0.3 is 6.18 Å². The van der Waals surface area contributed by atoms with E-state index in [-0.39, 0.29) is 18.8 Å². The summed E-state index contributed by atoms with van der Waals surface area (Å²) in [6.45, 7) is 1.88. The number of nitrogens with two attached hydrogens (primary N) is 1. The first kappa shape index (κ1) is 27.0. The average molecular weight is 500 g/mol. The molecule has 0 bridgehead atoms. The van der Waals surface area contributed by atoms with Gasteiger partial charge in [-0.1, -0.05) is 37.3 Å². The Morgan fingerprint density at radius 2 is 1.82 bits per heavy atom. The molecule has 0 saturated carbocycles. The molecule has 12 heteroatoms. The summed E-state index contributed by atoms with van der Waals surface area (Å²) < 4.78 is 55.9. The summed E-state index contributed by atoms with van der Waals surface area (Å²) in [6.07, 6.45) is -2.88. The molecule has 0 spiro atoms. The number of hydrogen-bond donors (Lipinski definition) is 1. The summed E-state index contributed by atoms with van der Waals surface area (Å²) in [5.41, 5.74) is 7.33. The Kier molecular flexibility index (Phi) is 8.54. The van der Waals surface area contributed by atoms with Gasteiger partial charge in [0.25, 0.3) is 0 Å². The van der Waals surface area contributed by atoms with Crippen LogP contribution < -0.4 is 5.73 Å². The van der Waals surface area contributed by atoms with Crippen LogP contribution in [0.5, 0.6) is 0 Å². The van der Waals surface area contributed by atoms with E-state index in [1.807, 2.05) is 37.3 Å². The normalized spacial score (nSPS) is 18.9. The van der Waals surface area contributed by atoms with Crippen molar-refractivity contribution in [1.82, 2.24) is 9.88 Å². The van der Waals surface area contributed by atoms with E-state index in [9.17, 15) is 31.2 Å². The second-order valence-electron chi connectivity index (χ2n) is 7.90. The third-order valence-electron chi connectivity index (χ3n) is 5.14. The van der Waals surface area contributed by atoms with E-state index < -0.39 is 45.4 Å². The quantitative estimate of drug-likeness (QED) is 0.478. The summed E-state index contributed by atoms with van der Waals surface area (Å²) in [6, 6.07) is 12.7. The molecule has 2 amide bonds. The Balaban J connectivity index is 0.000000604. The van der Waals surface area contributed by atoms with Crippen molar-refractivity contribution in [2.24, 2.45) is 5.92 Å². The van der Waals surface area contributed by atoms with Crippen LogP contribution in [0, 0.1) is 5.92 Å². The zero-order valence-electron chi connectivity index (χ0n) is 18.4. The largest absolute Gasteiger partial charge is 0.446 e. The van der Waals surface area contributed by atoms with E-state index in [0.717, 1.165) is 16.7 Å². The van der Waals surface area contributed by atoms with Crippen LogP contribution in [0.25, 0.3) is 0 Å². The number of nitrogens with zero attached hydrogens (tertiary/aromatic N) is 2. The van der Waals surface area contributed by atoms with Crippen molar-refractivity contribution in [3.05, 3.63) is 59.8 Å². The van der Waals surface area contributed by atoms with E-state index in [0.29, 0.717) is 11.4 Å². The summed E-state index contributed by atoms with van der Waals surface area (Å²) in [5, 5.41) is -1.15. The smallest absolute Gasteiger partial charge is 0.384 e. The lowest BCUT2D eigenvalue weighted by Crippen LogP contribution is -2.66. The maximum atomic E-state index is 12.7. The molecule has 1 aromatic heterocycles. The third kappa shape index (κ3) is 7.11. The highest BCUT2D eigenvalue weighted by Crippen LogP contribution is 2.35. The maximum absolute atomic E-state index is 12.7. The van der Waals surface area contributed by atoms with Crippen LogP contribution in [0.1, 0.15) is 30.4 Å². The first-order chi connectivity index (χ1) is 15.7. The van der Waals surface area contributed by atoms with Gasteiger partial charge in [-0.3, -0.25) is 19.3 Å². The predicted molar refractivity (Wildman–Crippen MR) is 118 cm³/mol. The van der Waals surface area contributed by atoms with Crippen LogP contribution in [-0.2, 0) is 30.6 Å². The van der Waals surface area contributed by atoms with Gasteiger partial charge in [-0.25, -0.2) is 13.4 Å². The Hall–Kier alpha value is -3.28. The van der Waals surface area contributed by atoms with Gasteiger partial charge in [-0.05, 0) is 35.6 Å². The lowest BCUT2D eigenvalue weighted by molar-refractivity contribution is -0.161. The number of nitrogen functional groups attached to an aromatic ring is 1. The zero-order valence-corrected chi connectivity index (χ0v) is 19.2. The number of amides is 2. The van der Waals surface area contributed by atoms with Gasteiger partial charge in [-0.15, -0.1) is 0 Å². The van der Waals surface area contributed by atoms with Crippen molar-refractivity contribution in [1.29, 1.82) is 0 Å². The van der Waals surface area contributed by atoms with Crippen molar-refractivity contribution in [3.8, 4) is 0 Å². The molecule has 8 nitrogen and oxygen atoms in total. The number of pyridine rings is 1. The van der Waals surface area contributed by atoms with E-state index >= 15 is 0 Å². The second kappa shape index (κ2) is 10.8. The summed E-state index contributed by atoms with van der Waals surface area (Å²) in [5.74, 6) is -1.56. The number of β-lactam (4-membered cyclic amide) rings is 1. The van der Waals surface area contributed by atoms with Gasteiger partial charge in [-0.2, -0.15) is 13.2 Å². The number of likely N-dealkylation sites (tertiary alicyclic amines) is 1. The van der Waals surface area contributed by atoms with Crippen molar-refractivity contribution in [3.63, 3.8) is 0 Å². The molecule has 2 N–H and O–H groups in total. The fourth-order valence-electron chi connectivity index (χ4n) is 3.60. The van der Waals surface area contributed by atoms with Crippen LogP contribution in [-0.4, -0.2) is 54.2 Å². The molecule has 3 atom stereocenters. The summed E-state index contributed by atoms with van der Waals surface area (Å²) >= 11 is 0. The van der Waals surface area contributed by atoms with Gasteiger partial charge in [0.15, 0.2) is 15.2 Å². The number of hydrogen-bond acceptors (Lipinski definition) is 7. The molecule has 1 aliphatic heterocycles. The van der Waals surface area contributed by atoms with Crippen LogP contribution >= 0.6 is 0 Å². The van der Waals surface area contributed by atoms with Crippen molar-refractivity contribution in [2.45, 2.75) is 37.2 Å². The van der Waals surface area contributed by atoms with E-state index in [1.54, 1.807) is 12.1 Å². The van der Waals surface area contributed by atoms with Gasteiger partial charge in [0.05, 0.1) is 5.92 Å². The Labute approximate surface area is 194 Å². The first-order valence-corrected chi connectivity index (χ1v) is 12.0. The number of sulfone groups is 1. The van der Waals surface area contributed by atoms with E-state index in [2.05, 4.69) is 4.98 Å². The standard InChI is InChI=1S/C20H23N3O4S.C2HF3O/c1-13(15-6-4-3-5-7-15)10-18(24)23-19(25)16(20(23)28(2,26)27)11-14-8-9-22-17(21)12-14;3-2(4,5)1-6/h3-9,12-13,16,20H,10-11H2,1-2H3,(H2,21,22);1H/t13-,16-,20+;/m0./s1. The lowest BCUT2D eigenvalue weighted by Gasteiger charge is -2.44. The summed E-state index contributed by atoms with van der Waals surface area (Å²) in [7, 11) is -3.64. The predicted octanol–water partition coefficient (Wildman–Crippen LogP) is 2.50. The van der Waals surface area contributed by atoms with Crippen molar-refractivity contribution in [2.75, 3.05) is 12.0 Å². The number of rotatable bonds is 6. The second-order valence-corrected chi connectivity index (χ2v) is 10.0. The topological polar surface area (TPSA) is 128 Å². The minimum Gasteiger partial charge on any atom is -0.384 e. The zero-order chi connectivity index (χ0) is 25.7. The highest BCUT2D eigenvalue weighted by molar-refractivity contribution is 7.91. The highest BCUT2D eigenvalue weighted by Gasteiger charge is 2.55. The molecule has 1 fully saturated rings. The molecule has 0 aliphatic carbocycles. The fourth-order valence-corrected chi connectivity index (χ4v) is 5.02. The van der Waals surface area contributed by atoms with Crippen molar-refractivity contribution < 1.29 is 36.0 Å². The van der Waals surface area contributed by atoms with Gasteiger partial charge in [0.2, 0.25) is 18.1 Å². The fraction of sp³-hybridized carbons (Fsp3) is 0.364. The third-order valence-corrected chi connectivity index (χ3v) is 6.56. The minimum atomic E-state index is -4.64. The molecule has 1 saturated heterocycles. The van der Waals surface area contributed by atoms with Crippen molar-refractivity contribution >= 4 is 33.8 Å². The molecule has 1 aromatic carbocycles. The highest BCUT2D eigenvalue weighted by atomic mass is 32.2. The molecular weight excluding hydrogens is 475 g/mol. The number of anilines is 1. The number of aldehydes is 1. The Morgan fingerprint density at radius 3 is 2.32 bits per heavy atom. The van der Waals surface area contributed by atoms with E-state index in [4.69, 9.17) is 10.5 Å². The number of benzene rings is 1. The van der Waals surface area contributed by atoms with Crippen LogP contribution in [0.4, 0.5) is 19.0 Å². The SMILES string of the molecule is C[C@@H](CC(=O)N1C(=O)[C@H](Cc2ccnc(N)c2)[C@H]1S(C)(=O)=O)c1ccccc1.O=CC(F)(F)F. The molecule has 34 heavy (non-hydrogen) atoms. The number of carbonyl (C=O) groups is 3. The molecule has 1 aliphatic rings. The summed E-state index contributed by atoms with van der Waals surface area (Å²) in [4.78, 5) is 38.9. The lowest BCUT2D eigenvalue weighted by atomic mass is 9.89. The molecular formula is C22H24F3N3O5S. The number of carbonyl (C=O) groups excluding carboxylic acids is 3. The minimum absolute atomic E-state index is 0.0662. The monoisotopic (exact) mass is 499 g/mol. The van der Waals surface area contributed by atoms with Gasteiger partial charge in [0, 0.05) is 18.9 Å². The first-order valence-electron chi connectivity index (χ1n) is 10.1. The molecule has 2 heterocycles. The van der Waals surface area contributed by atoms with E-state index in [1.165, 1.54) is 6.20 Å². The van der Waals surface area contributed by atoms with Gasteiger partial charge in [0.1, 0.15) is 5.82 Å². The molecule has 0 radical (unpaired) electrons. The molecule has 184 valence electrons. The average Bonchev–Trinajstić information content (AvgIpc) is 2.75. The van der Waals surface area contributed by atoms with Crippen LogP contribution in [0.15, 0.2) is 48.7 Å². The van der Waals surface area contributed by atoms with Crippen LogP contribution in [0.3, 0.4) is 0 Å². The number of halogens is 3.